The summed E-state index contributed by atoms with van der Waals surface area (Å²) in [5, 5.41) is 8.15. The average molecular weight is 557 g/mol. The molecule has 11 heteroatoms. The maximum atomic E-state index is 12.9. The van der Waals surface area contributed by atoms with Crippen LogP contribution >= 0.6 is 0 Å². The molecule has 1 aliphatic heterocycles. The maximum Gasteiger partial charge on any atom is 0.306 e. The van der Waals surface area contributed by atoms with Crippen molar-refractivity contribution < 1.29 is 33.5 Å². The lowest BCUT2D eigenvalue weighted by Gasteiger charge is -2.24. The number of hydrogen-bond donors (Lipinski definition) is 3. The van der Waals surface area contributed by atoms with Crippen LogP contribution in [0.4, 0.5) is 5.69 Å². The third kappa shape index (κ3) is 9.94. The van der Waals surface area contributed by atoms with Crippen LogP contribution in [0.1, 0.15) is 78.4 Å². The Balaban J connectivity index is 1.78. The van der Waals surface area contributed by atoms with Gasteiger partial charge in [-0.3, -0.25) is 33.7 Å². The van der Waals surface area contributed by atoms with Crippen LogP contribution in [0, 0.1) is 5.92 Å². The van der Waals surface area contributed by atoms with Crippen molar-refractivity contribution in [3.8, 4) is 0 Å². The smallest absolute Gasteiger partial charge is 0.306 e. The summed E-state index contributed by atoms with van der Waals surface area (Å²) in [6.07, 6.45) is 4.32. The molecule has 0 aliphatic carbocycles. The number of amides is 5. The van der Waals surface area contributed by atoms with E-state index in [2.05, 4.69) is 16.0 Å². The summed E-state index contributed by atoms with van der Waals surface area (Å²) in [4.78, 5) is 73.8. The van der Waals surface area contributed by atoms with Gasteiger partial charge in [-0.2, -0.15) is 0 Å². The molecule has 1 aromatic rings. The van der Waals surface area contributed by atoms with Crippen molar-refractivity contribution in [2.75, 3.05) is 11.9 Å². The molecule has 3 N–H and O–H groups in total. The fraction of sp³-hybridized carbons (Fsp3) is 0.517. The Kier molecular flexibility index (Phi) is 12.5. The van der Waals surface area contributed by atoms with E-state index < -0.39 is 30.0 Å². The number of hydrogen-bond acceptors (Lipinski definition) is 7. The van der Waals surface area contributed by atoms with E-state index in [-0.39, 0.29) is 42.5 Å². The van der Waals surface area contributed by atoms with Crippen LogP contribution in [0.5, 0.6) is 0 Å². The van der Waals surface area contributed by atoms with Gasteiger partial charge in [-0.1, -0.05) is 39.3 Å². The van der Waals surface area contributed by atoms with Gasteiger partial charge in [0.1, 0.15) is 18.2 Å². The number of rotatable bonds is 15. The number of nitrogens with zero attached hydrogens (tertiary/aromatic N) is 1. The first-order valence-electron chi connectivity index (χ1n) is 13.7. The lowest BCUT2D eigenvalue weighted by molar-refractivity contribution is -0.148. The number of carbonyl (C=O) groups is 6. The van der Waals surface area contributed by atoms with Gasteiger partial charge in [0.2, 0.25) is 17.7 Å². The lowest BCUT2D eigenvalue weighted by atomic mass is 10.0. The van der Waals surface area contributed by atoms with Gasteiger partial charge in [0, 0.05) is 37.2 Å². The Bertz CT molecular complexity index is 1100. The topological polar surface area (TPSA) is 151 Å². The Morgan fingerprint density at radius 3 is 2.05 bits per heavy atom. The van der Waals surface area contributed by atoms with Crippen LogP contribution in [0.25, 0.3) is 0 Å². The summed E-state index contributed by atoms with van der Waals surface area (Å²) in [5.74, 6) is -2.34. The molecular weight excluding hydrogens is 516 g/mol. The highest BCUT2D eigenvalue weighted by molar-refractivity contribution is 6.12. The predicted octanol–water partition coefficient (Wildman–Crippen LogP) is 2.77. The van der Waals surface area contributed by atoms with E-state index in [1.54, 1.807) is 58.9 Å². The van der Waals surface area contributed by atoms with E-state index in [9.17, 15) is 28.8 Å². The van der Waals surface area contributed by atoms with Gasteiger partial charge in [0.05, 0.1) is 0 Å². The van der Waals surface area contributed by atoms with E-state index in [1.165, 1.54) is 17.1 Å². The number of anilines is 1. The van der Waals surface area contributed by atoms with Gasteiger partial charge in [0.25, 0.3) is 11.8 Å². The molecule has 11 nitrogen and oxygen atoms in total. The van der Waals surface area contributed by atoms with Crippen molar-refractivity contribution in [2.45, 2.75) is 84.9 Å². The van der Waals surface area contributed by atoms with Crippen molar-refractivity contribution >= 4 is 41.2 Å². The zero-order valence-electron chi connectivity index (χ0n) is 23.8. The van der Waals surface area contributed by atoms with Gasteiger partial charge in [-0.05, 0) is 50.3 Å². The SMILES string of the molecule is CCC(=O)OC(C)c1ccc(NC(=O)[C@H](C)NC(=O)C(NC(=O)CCCCCN2C(=O)C=CC2=O)C(C)C)cc1. The molecule has 2 unspecified atom stereocenters. The Hall–Kier alpha value is -4.02. The number of carbonyl (C=O) groups excluding carboxylic acids is 6. The van der Waals surface area contributed by atoms with Gasteiger partial charge in [0.15, 0.2) is 0 Å². The van der Waals surface area contributed by atoms with Gasteiger partial charge in [-0.25, -0.2) is 0 Å². The number of benzene rings is 1. The first-order chi connectivity index (χ1) is 18.9. The predicted molar refractivity (Wildman–Crippen MR) is 149 cm³/mol. The molecule has 2 rings (SSSR count). The van der Waals surface area contributed by atoms with Gasteiger partial charge in [-0.15, -0.1) is 0 Å². The molecule has 0 aromatic heterocycles. The molecule has 0 fully saturated rings. The van der Waals surface area contributed by atoms with Crippen LogP contribution in [-0.2, 0) is 33.5 Å². The highest BCUT2D eigenvalue weighted by Gasteiger charge is 2.27. The quantitative estimate of drug-likeness (QED) is 0.171. The summed E-state index contributed by atoms with van der Waals surface area (Å²) in [5.41, 5.74) is 1.30. The second-order valence-corrected chi connectivity index (χ2v) is 10.1. The van der Waals surface area contributed by atoms with E-state index in [0.29, 0.717) is 31.5 Å². The van der Waals surface area contributed by atoms with Crippen LogP contribution < -0.4 is 16.0 Å². The summed E-state index contributed by atoms with van der Waals surface area (Å²) < 4.78 is 5.29. The number of esters is 1. The molecule has 218 valence electrons. The first-order valence-corrected chi connectivity index (χ1v) is 13.7. The summed E-state index contributed by atoms with van der Waals surface area (Å²) in [6.45, 7) is 8.95. The fourth-order valence-electron chi connectivity index (χ4n) is 3.97. The van der Waals surface area contributed by atoms with Crippen LogP contribution in [0.2, 0.25) is 0 Å². The van der Waals surface area contributed by atoms with Crippen LogP contribution in [-0.4, -0.2) is 59.0 Å². The number of ether oxygens (including phenoxy) is 1. The normalized spacial score (nSPS) is 15.0. The van der Waals surface area contributed by atoms with Crippen LogP contribution in [0.15, 0.2) is 36.4 Å². The lowest BCUT2D eigenvalue weighted by Crippen LogP contribution is -2.53. The molecule has 0 bridgehead atoms. The molecule has 3 atom stereocenters. The third-order valence-corrected chi connectivity index (χ3v) is 6.45. The molecular formula is C29H40N4O7. The molecule has 0 saturated heterocycles. The van der Waals surface area contributed by atoms with E-state index in [4.69, 9.17) is 4.74 Å². The first kappa shape index (κ1) is 32.2. The minimum atomic E-state index is -0.861. The van der Waals surface area contributed by atoms with Crippen molar-refractivity contribution in [2.24, 2.45) is 5.92 Å². The monoisotopic (exact) mass is 556 g/mol. The maximum absolute atomic E-state index is 12.9. The molecule has 1 aromatic carbocycles. The second kappa shape index (κ2) is 15.5. The van der Waals surface area contributed by atoms with Gasteiger partial charge < -0.3 is 20.7 Å². The summed E-state index contributed by atoms with van der Waals surface area (Å²) >= 11 is 0. The number of unbranched alkanes of at least 4 members (excludes halogenated alkanes) is 2. The van der Waals surface area contributed by atoms with Crippen molar-refractivity contribution in [1.82, 2.24) is 15.5 Å². The largest absolute Gasteiger partial charge is 0.458 e. The van der Waals surface area contributed by atoms with E-state index >= 15 is 0 Å². The minimum absolute atomic E-state index is 0.193. The van der Waals surface area contributed by atoms with Crippen LogP contribution in [0.3, 0.4) is 0 Å². The van der Waals surface area contributed by atoms with Crippen molar-refractivity contribution in [3.63, 3.8) is 0 Å². The Morgan fingerprint density at radius 2 is 1.48 bits per heavy atom. The fourth-order valence-corrected chi connectivity index (χ4v) is 3.97. The average Bonchev–Trinajstić information content (AvgIpc) is 3.23. The van der Waals surface area contributed by atoms with E-state index in [1.807, 2.05) is 0 Å². The molecule has 1 heterocycles. The molecule has 0 spiro atoms. The molecule has 0 radical (unpaired) electrons. The van der Waals surface area contributed by atoms with Crippen molar-refractivity contribution in [1.29, 1.82) is 0 Å². The zero-order chi connectivity index (χ0) is 29.8. The molecule has 0 saturated carbocycles. The number of imide groups is 1. The van der Waals surface area contributed by atoms with Crippen molar-refractivity contribution in [3.05, 3.63) is 42.0 Å². The highest BCUT2D eigenvalue weighted by atomic mass is 16.5. The van der Waals surface area contributed by atoms with E-state index in [0.717, 1.165) is 5.56 Å². The minimum Gasteiger partial charge on any atom is -0.458 e. The summed E-state index contributed by atoms with van der Waals surface area (Å²) in [7, 11) is 0. The highest BCUT2D eigenvalue weighted by Crippen LogP contribution is 2.20. The second-order valence-electron chi connectivity index (χ2n) is 10.1. The number of nitrogens with one attached hydrogen (secondary N) is 3. The zero-order valence-corrected chi connectivity index (χ0v) is 23.8. The Labute approximate surface area is 235 Å². The Morgan fingerprint density at radius 1 is 0.850 bits per heavy atom. The molecule has 40 heavy (non-hydrogen) atoms. The molecule has 1 aliphatic rings. The third-order valence-electron chi connectivity index (χ3n) is 6.45. The standard InChI is InChI=1S/C29H40N4O7/c1-6-26(37)40-20(5)21-11-13-22(14-12-21)31-28(38)19(4)30-29(39)27(18(2)3)32-23(34)10-8-7-9-17-33-24(35)15-16-25(33)36/h11-16,18-20,27H,6-10,17H2,1-5H3,(H,30,39)(H,31,38)(H,32,34)/t19-,20?,27?/m0/s1. The molecule has 5 amide bonds. The summed E-state index contributed by atoms with van der Waals surface area (Å²) in [6, 6.07) is 5.19. The van der Waals surface area contributed by atoms with Gasteiger partial charge >= 0.3 is 5.97 Å².